The molecule has 0 spiro atoms. The first-order valence-electron chi connectivity index (χ1n) is 10.8. The minimum Gasteiger partial charge on any atom is -0.360 e. The summed E-state index contributed by atoms with van der Waals surface area (Å²) in [4.78, 5) is 13.2. The summed E-state index contributed by atoms with van der Waals surface area (Å²) in [6.07, 6.45) is 2.65. The highest BCUT2D eigenvalue weighted by molar-refractivity contribution is 6.36. The Labute approximate surface area is 198 Å². The van der Waals surface area contributed by atoms with Gasteiger partial charge in [0.15, 0.2) is 5.69 Å². The first kappa shape index (κ1) is 22.9. The van der Waals surface area contributed by atoms with Crippen LogP contribution in [0.4, 0.5) is 5.69 Å². The monoisotopic (exact) mass is 474 g/mol. The quantitative estimate of drug-likeness (QED) is 0.484. The molecule has 1 atom stereocenters. The molecule has 0 unspecified atom stereocenters. The van der Waals surface area contributed by atoms with Crippen molar-refractivity contribution in [2.45, 2.75) is 60.4 Å². The van der Waals surface area contributed by atoms with Gasteiger partial charge in [-0.15, -0.1) is 0 Å². The van der Waals surface area contributed by atoms with Gasteiger partial charge in [-0.1, -0.05) is 55.2 Å². The van der Waals surface area contributed by atoms with Crippen LogP contribution in [0.15, 0.2) is 22.7 Å². The number of nitrogens with zero attached hydrogens (tertiary/aromatic N) is 3. The first-order chi connectivity index (χ1) is 15.1. The molecule has 170 valence electrons. The van der Waals surface area contributed by atoms with Gasteiger partial charge in [-0.05, 0) is 50.2 Å². The molecule has 1 aliphatic rings. The number of fused-ring (bicyclic) bond motifs is 1. The van der Waals surface area contributed by atoms with Crippen LogP contribution in [0.25, 0.3) is 0 Å². The maximum Gasteiger partial charge on any atom is 0.278 e. The Morgan fingerprint density at radius 3 is 2.59 bits per heavy atom. The van der Waals surface area contributed by atoms with Gasteiger partial charge in [0.05, 0.1) is 23.6 Å². The number of rotatable bonds is 4. The number of hydrogen-bond acceptors (Lipinski definition) is 4. The zero-order valence-corrected chi connectivity index (χ0v) is 20.6. The van der Waals surface area contributed by atoms with E-state index in [1.807, 2.05) is 19.9 Å². The summed E-state index contributed by atoms with van der Waals surface area (Å²) in [5.74, 6) is 1.03. The van der Waals surface area contributed by atoms with E-state index >= 15 is 0 Å². The highest BCUT2D eigenvalue weighted by atomic mass is 35.5. The van der Waals surface area contributed by atoms with E-state index in [0.29, 0.717) is 39.6 Å². The topological polar surface area (TPSA) is 73.0 Å². The molecule has 6 nitrogen and oxygen atoms in total. The summed E-state index contributed by atoms with van der Waals surface area (Å²) in [5.41, 5.74) is 4.45. The van der Waals surface area contributed by atoms with Gasteiger partial charge in [0.25, 0.3) is 5.91 Å². The Morgan fingerprint density at radius 2 is 1.94 bits per heavy atom. The number of carbonyl (C=O) groups is 1. The Balaban J connectivity index is 1.58. The van der Waals surface area contributed by atoms with E-state index in [9.17, 15) is 4.79 Å². The third-order valence-electron chi connectivity index (χ3n) is 6.47. The second-order valence-corrected chi connectivity index (χ2v) is 10.4. The molecule has 0 bridgehead atoms. The lowest BCUT2D eigenvalue weighted by molar-refractivity contribution is 0.101. The van der Waals surface area contributed by atoms with Crippen LogP contribution in [0.1, 0.15) is 66.0 Å². The predicted molar refractivity (Wildman–Crippen MR) is 127 cm³/mol. The summed E-state index contributed by atoms with van der Waals surface area (Å²) in [6, 6.07) is 5.41. The van der Waals surface area contributed by atoms with Gasteiger partial charge in [0.2, 0.25) is 0 Å². The lowest BCUT2D eigenvalue weighted by Crippen LogP contribution is -2.27. The molecule has 0 saturated carbocycles. The van der Waals surface area contributed by atoms with Crippen LogP contribution in [0.3, 0.4) is 0 Å². The van der Waals surface area contributed by atoms with Crippen molar-refractivity contribution in [2.24, 2.45) is 11.3 Å². The maximum atomic E-state index is 13.2. The number of aromatic nitrogens is 3. The van der Waals surface area contributed by atoms with Crippen LogP contribution < -0.4 is 5.32 Å². The highest BCUT2D eigenvalue weighted by Gasteiger charge is 2.34. The molecule has 0 radical (unpaired) electrons. The largest absolute Gasteiger partial charge is 0.360 e. The van der Waals surface area contributed by atoms with Crippen molar-refractivity contribution >= 4 is 34.8 Å². The number of carbonyl (C=O) groups excluding carboxylic acids is 1. The number of aryl methyl sites for hydroxylation is 2. The van der Waals surface area contributed by atoms with Gasteiger partial charge in [-0.2, -0.15) is 5.10 Å². The fourth-order valence-corrected chi connectivity index (χ4v) is 4.88. The summed E-state index contributed by atoms with van der Waals surface area (Å²) in [7, 11) is 0. The normalized spacial score (nSPS) is 16.2. The van der Waals surface area contributed by atoms with Crippen LogP contribution in [0.5, 0.6) is 0 Å². The summed E-state index contributed by atoms with van der Waals surface area (Å²) < 4.78 is 7.31. The molecule has 2 heterocycles. The molecular formula is C24H28Cl2N4O2. The lowest BCUT2D eigenvalue weighted by Gasteiger charge is -2.33. The zero-order valence-electron chi connectivity index (χ0n) is 19.1. The molecule has 0 saturated heterocycles. The fraction of sp³-hybridized carbons (Fsp3) is 0.458. The van der Waals surface area contributed by atoms with Gasteiger partial charge in [-0.3, -0.25) is 9.48 Å². The third kappa shape index (κ3) is 4.30. The van der Waals surface area contributed by atoms with Crippen LogP contribution in [-0.2, 0) is 19.4 Å². The number of benzene rings is 1. The maximum absolute atomic E-state index is 13.2. The van der Waals surface area contributed by atoms with Crippen LogP contribution >= 0.6 is 23.2 Å². The molecule has 32 heavy (non-hydrogen) atoms. The number of anilines is 1. The van der Waals surface area contributed by atoms with E-state index in [1.54, 1.807) is 16.8 Å². The standard InChI is InChI=1S/C24H28Cl2N4O2/c1-13-21(14(2)30(28-13)12-17-18(25)7-6-8-19(17)26)27-23(31)22-16-11-15(24(3,4)5)9-10-20(16)32-29-22/h6-8,15H,9-12H2,1-5H3,(H,27,31)/t15-/m1/s1. The highest BCUT2D eigenvalue weighted by Crippen LogP contribution is 2.38. The molecule has 0 fully saturated rings. The molecular weight excluding hydrogens is 447 g/mol. The van der Waals surface area contributed by atoms with E-state index < -0.39 is 0 Å². The van der Waals surface area contributed by atoms with Crippen molar-refractivity contribution in [1.29, 1.82) is 0 Å². The average molecular weight is 475 g/mol. The second-order valence-electron chi connectivity index (χ2n) is 9.60. The van der Waals surface area contributed by atoms with Crippen LogP contribution in [0.2, 0.25) is 10.0 Å². The number of halogens is 2. The van der Waals surface area contributed by atoms with Crippen molar-refractivity contribution in [1.82, 2.24) is 14.9 Å². The molecule has 1 aliphatic carbocycles. The molecule has 2 aromatic heterocycles. The Kier molecular flexibility index (Phi) is 6.12. The molecule has 1 amide bonds. The predicted octanol–water partition coefficient (Wildman–Crippen LogP) is 6.25. The van der Waals surface area contributed by atoms with Crippen molar-refractivity contribution in [2.75, 3.05) is 5.32 Å². The Morgan fingerprint density at radius 1 is 1.25 bits per heavy atom. The van der Waals surface area contributed by atoms with E-state index in [2.05, 4.69) is 36.3 Å². The second kappa shape index (κ2) is 8.56. The minimum absolute atomic E-state index is 0.164. The zero-order chi connectivity index (χ0) is 23.2. The van der Waals surface area contributed by atoms with E-state index in [0.717, 1.165) is 41.8 Å². The first-order valence-corrected chi connectivity index (χ1v) is 11.6. The Hall–Kier alpha value is -2.31. The molecule has 8 heteroatoms. The van der Waals surface area contributed by atoms with Crippen LogP contribution in [0, 0.1) is 25.2 Å². The number of amides is 1. The Bertz CT molecular complexity index is 1150. The SMILES string of the molecule is Cc1nn(Cc2c(Cl)cccc2Cl)c(C)c1NC(=O)c1noc2c1C[C@H](C(C)(C)C)CC2. The number of nitrogens with one attached hydrogen (secondary N) is 1. The lowest BCUT2D eigenvalue weighted by atomic mass is 9.71. The van der Waals surface area contributed by atoms with Gasteiger partial charge in [-0.25, -0.2) is 0 Å². The van der Waals surface area contributed by atoms with Gasteiger partial charge < -0.3 is 9.84 Å². The molecule has 4 rings (SSSR count). The fourth-order valence-electron chi connectivity index (χ4n) is 4.36. The van der Waals surface area contributed by atoms with Crippen molar-refractivity contribution < 1.29 is 9.32 Å². The smallest absolute Gasteiger partial charge is 0.278 e. The third-order valence-corrected chi connectivity index (χ3v) is 7.18. The summed E-state index contributed by atoms with van der Waals surface area (Å²) in [6.45, 7) is 10.9. The molecule has 3 aromatic rings. The van der Waals surface area contributed by atoms with Gasteiger partial charge >= 0.3 is 0 Å². The summed E-state index contributed by atoms with van der Waals surface area (Å²) >= 11 is 12.7. The van der Waals surface area contributed by atoms with E-state index in [-0.39, 0.29) is 11.3 Å². The van der Waals surface area contributed by atoms with E-state index in [4.69, 9.17) is 27.7 Å². The summed E-state index contributed by atoms with van der Waals surface area (Å²) in [5, 5.41) is 12.9. The molecule has 0 aliphatic heterocycles. The van der Waals surface area contributed by atoms with Crippen LogP contribution in [-0.4, -0.2) is 20.8 Å². The van der Waals surface area contributed by atoms with Crippen molar-refractivity contribution in [3.8, 4) is 0 Å². The minimum atomic E-state index is -0.272. The molecule has 1 N–H and O–H groups in total. The van der Waals surface area contributed by atoms with Gasteiger partial charge in [0, 0.05) is 27.6 Å². The molecule has 1 aromatic carbocycles. The van der Waals surface area contributed by atoms with Crippen molar-refractivity contribution in [3.05, 3.63) is 62.2 Å². The average Bonchev–Trinajstić information content (AvgIpc) is 3.26. The number of hydrogen-bond donors (Lipinski definition) is 1. The van der Waals surface area contributed by atoms with E-state index in [1.165, 1.54) is 0 Å². The van der Waals surface area contributed by atoms with Gasteiger partial charge in [0.1, 0.15) is 5.76 Å². The van der Waals surface area contributed by atoms with Crippen molar-refractivity contribution in [3.63, 3.8) is 0 Å².